The molecule has 0 saturated carbocycles. The first-order valence-corrected chi connectivity index (χ1v) is 8.25. The van der Waals surface area contributed by atoms with Crippen LogP contribution in [0.3, 0.4) is 0 Å². The van der Waals surface area contributed by atoms with Crippen LogP contribution in [-0.2, 0) is 11.2 Å². The molecule has 25 heavy (non-hydrogen) atoms. The average molecular weight is 362 g/mol. The summed E-state index contributed by atoms with van der Waals surface area (Å²) >= 11 is 0. The van der Waals surface area contributed by atoms with Crippen LogP contribution in [0.1, 0.15) is 28.8 Å². The number of fused-ring (bicyclic) bond motifs is 4. The number of nitrogens with zero attached hydrogens (tertiary/aromatic N) is 1. The van der Waals surface area contributed by atoms with E-state index in [2.05, 4.69) is 29.2 Å². The molecule has 0 bridgehead atoms. The summed E-state index contributed by atoms with van der Waals surface area (Å²) in [5, 5.41) is 0. The lowest BCUT2D eigenvalue weighted by atomic mass is 9.87. The number of methoxy groups -OCH3 is 1. The summed E-state index contributed by atoms with van der Waals surface area (Å²) in [6.45, 7) is 1.96. The predicted octanol–water partition coefficient (Wildman–Crippen LogP) is 3.47. The van der Waals surface area contributed by atoms with Crippen molar-refractivity contribution < 1.29 is 18.9 Å². The second-order valence-electron chi connectivity index (χ2n) is 6.40. The minimum atomic E-state index is -0.000443. The summed E-state index contributed by atoms with van der Waals surface area (Å²) < 4.78 is 22.7. The van der Waals surface area contributed by atoms with Gasteiger partial charge in [-0.3, -0.25) is 4.90 Å². The summed E-state index contributed by atoms with van der Waals surface area (Å²) in [7, 11) is 1.69. The van der Waals surface area contributed by atoms with Crippen molar-refractivity contribution in [2.75, 3.05) is 27.2 Å². The molecule has 0 N–H and O–H groups in total. The van der Waals surface area contributed by atoms with Crippen LogP contribution in [0.2, 0.25) is 0 Å². The number of rotatable bonds is 2. The van der Waals surface area contributed by atoms with Gasteiger partial charge in [0.05, 0.1) is 13.2 Å². The second kappa shape index (κ2) is 6.41. The Morgan fingerprint density at radius 2 is 1.96 bits per heavy atom. The van der Waals surface area contributed by atoms with Gasteiger partial charge >= 0.3 is 0 Å². The molecule has 2 atom stereocenters. The number of hydrogen-bond donors (Lipinski definition) is 0. The van der Waals surface area contributed by atoms with Gasteiger partial charge in [-0.2, -0.15) is 0 Å². The lowest BCUT2D eigenvalue weighted by Crippen LogP contribution is -2.32. The van der Waals surface area contributed by atoms with Crippen LogP contribution in [0.4, 0.5) is 0 Å². The zero-order valence-corrected chi connectivity index (χ0v) is 14.8. The molecule has 6 heteroatoms. The Morgan fingerprint density at radius 1 is 1.12 bits per heavy atom. The summed E-state index contributed by atoms with van der Waals surface area (Å²) in [6.07, 6.45) is 1.01. The van der Waals surface area contributed by atoms with Crippen LogP contribution in [0, 0.1) is 0 Å². The number of halogens is 1. The highest BCUT2D eigenvalue weighted by atomic mass is 35.5. The third-order valence-electron chi connectivity index (χ3n) is 5.14. The van der Waals surface area contributed by atoms with Crippen LogP contribution in [0.5, 0.6) is 17.2 Å². The van der Waals surface area contributed by atoms with Crippen molar-refractivity contribution in [1.82, 2.24) is 4.90 Å². The standard InChI is InChI=1S/C19H19NO4.ClH/c1-21-14-4-2-3-13(7-14)19-18-15-9-17-16(23-11-24-17)8-12(15)5-6-20(18)10-22-19;/h2-4,7-9,18-19H,5-6,10-11H2,1H3;1H. The van der Waals surface area contributed by atoms with E-state index in [0.717, 1.165) is 35.8 Å². The maximum atomic E-state index is 6.16. The Balaban J connectivity index is 0.00000157. The van der Waals surface area contributed by atoms with E-state index < -0.39 is 0 Å². The molecule has 2 unspecified atom stereocenters. The summed E-state index contributed by atoms with van der Waals surface area (Å²) in [6, 6.07) is 12.6. The fourth-order valence-electron chi connectivity index (χ4n) is 3.96. The lowest BCUT2D eigenvalue weighted by Gasteiger charge is -2.33. The molecule has 5 rings (SSSR count). The van der Waals surface area contributed by atoms with Crippen LogP contribution in [-0.4, -0.2) is 32.1 Å². The minimum Gasteiger partial charge on any atom is -0.497 e. The summed E-state index contributed by atoms with van der Waals surface area (Å²) in [5.41, 5.74) is 3.77. The number of ether oxygens (including phenoxy) is 4. The van der Waals surface area contributed by atoms with Crippen molar-refractivity contribution >= 4 is 12.4 Å². The molecule has 2 aromatic carbocycles. The minimum absolute atomic E-state index is 0. The molecule has 3 aliphatic rings. The first kappa shape index (κ1) is 16.5. The highest BCUT2D eigenvalue weighted by Gasteiger charge is 2.41. The molecule has 0 aromatic heterocycles. The monoisotopic (exact) mass is 361 g/mol. The Labute approximate surface area is 152 Å². The van der Waals surface area contributed by atoms with Gasteiger partial charge < -0.3 is 18.9 Å². The first-order valence-electron chi connectivity index (χ1n) is 8.25. The Bertz CT molecular complexity index is 797. The molecular weight excluding hydrogens is 342 g/mol. The lowest BCUT2D eigenvalue weighted by molar-refractivity contribution is 0.0892. The van der Waals surface area contributed by atoms with E-state index >= 15 is 0 Å². The highest BCUT2D eigenvalue weighted by molar-refractivity contribution is 5.85. The molecule has 3 heterocycles. The molecule has 0 spiro atoms. The van der Waals surface area contributed by atoms with Crippen molar-refractivity contribution in [2.45, 2.75) is 18.6 Å². The van der Waals surface area contributed by atoms with Crippen LogP contribution in [0.15, 0.2) is 36.4 Å². The molecule has 0 radical (unpaired) electrons. The summed E-state index contributed by atoms with van der Waals surface area (Å²) in [4.78, 5) is 2.40. The van der Waals surface area contributed by atoms with Crippen molar-refractivity contribution in [3.8, 4) is 17.2 Å². The van der Waals surface area contributed by atoms with Gasteiger partial charge in [0.1, 0.15) is 18.6 Å². The molecule has 132 valence electrons. The van der Waals surface area contributed by atoms with Crippen LogP contribution in [0.25, 0.3) is 0 Å². The van der Waals surface area contributed by atoms with Gasteiger partial charge in [0.25, 0.3) is 0 Å². The SMILES string of the molecule is COc1cccc(C2OCN3CCc4cc5c(cc4C23)OCO5)c1.Cl. The Kier molecular flexibility index (Phi) is 4.23. The third-order valence-corrected chi connectivity index (χ3v) is 5.14. The third kappa shape index (κ3) is 2.63. The normalized spacial score (nSPS) is 23.6. The quantitative estimate of drug-likeness (QED) is 0.819. The van der Waals surface area contributed by atoms with Crippen molar-refractivity contribution in [3.05, 3.63) is 53.1 Å². The van der Waals surface area contributed by atoms with Gasteiger partial charge in [-0.1, -0.05) is 12.1 Å². The zero-order chi connectivity index (χ0) is 16.1. The maximum absolute atomic E-state index is 6.16. The fourth-order valence-corrected chi connectivity index (χ4v) is 3.96. The maximum Gasteiger partial charge on any atom is 0.231 e. The Morgan fingerprint density at radius 3 is 2.80 bits per heavy atom. The molecule has 0 amide bonds. The second-order valence-corrected chi connectivity index (χ2v) is 6.40. The molecule has 0 aliphatic carbocycles. The molecule has 1 saturated heterocycles. The number of benzene rings is 2. The first-order chi connectivity index (χ1) is 11.8. The molecule has 2 aromatic rings. The zero-order valence-electron chi connectivity index (χ0n) is 13.9. The van der Waals surface area contributed by atoms with Gasteiger partial charge in [0.15, 0.2) is 11.5 Å². The van der Waals surface area contributed by atoms with Gasteiger partial charge in [-0.15, -0.1) is 12.4 Å². The van der Waals surface area contributed by atoms with Crippen LogP contribution >= 0.6 is 12.4 Å². The molecule has 5 nitrogen and oxygen atoms in total. The predicted molar refractivity (Wildman–Crippen MR) is 94.7 cm³/mol. The van der Waals surface area contributed by atoms with E-state index in [1.807, 2.05) is 12.1 Å². The van der Waals surface area contributed by atoms with Crippen molar-refractivity contribution in [3.63, 3.8) is 0 Å². The molecular formula is C19H20ClNO4. The largest absolute Gasteiger partial charge is 0.497 e. The van der Waals surface area contributed by atoms with E-state index in [9.17, 15) is 0 Å². The van der Waals surface area contributed by atoms with E-state index in [-0.39, 0.29) is 24.6 Å². The average Bonchev–Trinajstić information content (AvgIpc) is 3.26. The van der Waals surface area contributed by atoms with Crippen molar-refractivity contribution in [1.29, 1.82) is 0 Å². The van der Waals surface area contributed by atoms with E-state index in [4.69, 9.17) is 18.9 Å². The van der Waals surface area contributed by atoms with E-state index in [1.54, 1.807) is 7.11 Å². The van der Waals surface area contributed by atoms with Gasteiger partial charge in [0.2, 0.25) is 6.79 Å². The highest BCUT2D eigenvalue weighted by Crippen LogP contribution is 2.48. The van der Waals surface area contributed by atoms with E-state index in [1.165, 1.54) is 11.1 Å². The Hall–Kier alpha value is -1.95. The molecule has 1 fully saturated rings. The van der Waals surface area contributed by atoms with Crippen molar-refractivity contribution in [2.24, 2.45) is 0 Å². The van der Waals surface area contributed by atoms with Gasteiger partial charge in [0, 0.05) is 6.54 Å². The van der Waals surface area contributed by atoms with E-state index in [0.29, 0.717) is 13.5 Å². The van der Waals surface area contributed by atoms with Gasteiger partial charge in [-0.05, 0) is 47.4 Å². The number of hydrogen-bond acceptors (Lipinski definition) is 5. The topological polar surface area (TPSA) is 40.2 Å². The van der Waals surface area contributed by atoms with Crippen LogP contribution < -0.4 is 14.2 Å². The smallest absolute Gasteiger partial charge is 0.231 e. The fraction of sp³-hybridized carbons (Fsp3) is 0.368. The van der Waals surface area contributed by atoms with Gasteiger partial charge in [-0.25, -0.2) is 0 Å². The summed E-state index contributed by atoms with van der Waals surface area (Å²) in [5.74, 6) is 2.56. The molecule has 3 aliphatic heterocycles.